The molecule has 25 heavy (non-hydrogen) atoms. The molecule has 0 aromatic heterocycles. The minimum atomic E-state index is -0.314. The second-order valence-corrected chi connectivity index (χ2v) is 7.91. The third-order valence-corrected chi connectivity index (χ3v) is 6.41. The lowest BCUT2D eigenvalue weighted by Crippen LogP contribution is -2.51. The summed E-state index contributed by atoms with van der Waals surface area (Å²) in [7, 11) is 0. The van der Waals surface area contributed by atoms with E-state index in [4.69, 9.17) is 11.6 Å². The molecule has 1 amide bonds. The highest BCUT2D eigenvalue weighted by atomic mass is 35.5. The molecule has 1 aliphatic carbocycles. The number of aromatic hydroxyl groups is 1. The summed E-state index contributed by atoms with van der Waals surface area (Å²) in [5.74, 6) is 0.539. The molecule has 1 N–H and O–H groups in total. The zero-order valence-electron chi connectivity index (χ0n) is 14.8. The highest BCUT2D eigenvalue weighted by Gasteiger charge is 2.51. The number of anilines is 2. The van der Waals surface area contributed by atoms with Gasteiger partial charge in [-0.15, -0.1) is 0 Å². The van der Waals surface area contributed by atoms with Crippen LogP contribution in [0.2, 0.25) is 5.02 Å². The first-order valence-electron chi connectivity index (χ1n) is 8.77. The Kier molecular flexibility index (Phi) is 3.62. The maximum absolute atomic E-state index is 13.5. The molecule has 1 saturated carbocycles. The molecule has 1 fully saturated rings. The van der Waals surface area contributed by atoms with Gasteiger partial charge in [-0.1, -0.05) is 18.0 Å². The molecule has 3 nitrogen and oxygen atoms in total. The molecule has 2 aromatic carbocycles. The van der Waals surface area contributed by atoms with Crippen LogP contribution in [0.25, 0.3) is 0 Å². The maximum atomic E-state index is 13.5. The van der Waals surface area contributed by atoms with Crippen molar-refractivity contribution in [3.05, 3.63) is 51.5 Å². The van der Waals surface area contributed by atoms with Crippen LogP contribution in [0.3, 0.4) is 0 Å². The van der Waals surface area contributed by atoms with E-state index in [1.165, 1.54) is 0 Å². The van der Waals surface area contributed by atoms with Gasteiger partial charge in [-0.05, 0) is 86.6 Å². The van der Waals surface area contributed by atoms with E-state index in [-0.39, 0.29) is 11.3 Å². The Morgan fingerprint density at radius 2 is 1.68 bits per heavy atom. The number of phenolic OH excluding ortho intramolecular Hbond substituents is 1. The minimum Gasteiger partial charge on any atom is -0.507 e. The topological polar surface area (TPSA) is 40.5 Å². The minimum absolute atomic E-state index is 0.182. The molecular formula is C21H22ClNO2. The molecule has 0 bridgehead atoms. The Morgan fingerprint density at radius 3 is 2.24 bits per heavy atom. The molecule has 1 spiro atoms. The lowest BCUT2D eigenvalue weighted by molar-refractivity contribution is -0.132. The van der Waals surface area contributed by atoms with E-state index in [2.05, 4.69) is 0 Å². The summed E-state index contributed by atoms with van der Waals surface area (Å²) >= 11 is 6.05. The van der Waals surface area contributed by atoms with E-state index in [1.54, 1.807) is 0 Å². The summed E-state index contributed by atoms with van der Waals surface area (Å²) in [4.78, 5) is 15.3. The zero-order valence-corrected chi connectivity index (χ0v) is 15.6. The van der Waals surface area contributed by atoms with Crippen LogP contribution in [-0.2, 0) is 11.2 Å². The number of halogens is 1. The second-order valence-electron chi connectivity index (χ2n) is 7.48. The number of benzene rings is 2. The number of carbonyl (C=O) groups excluding carboxylic acids is 1. The van der Waals surface area contributed by atoms with Gasteiger partial charge in [-0.25, -0.2) is 0 Å². The van der Waals surface area contributed by atoms with Gasteiger partial charge >= 0.3 is 0 Å². The Morgan fingerprint density at radius 1 is 1.04 bits per heavy atom. The van der Waals surface area contributed by atoms with Gasteiger partial charge in [0.1, 0.15) is 5.75 Å². The third-order valence-electron chi connectivity index (χ3n) is 6.16. The average Bonchev–Trinajstić information content (AvgIpc) is 2.57. The van der Waals surface area contributed by atoms with Crippen molar-refractivity contribution in [3.8, 4) is 5.75 Å². The fraction of sp³-hybridized carbons (Fsp3) is 0.381. The van der Waals surface area contributed by atoms with Crippen LogP contribution in [0.4, 0.5) is 11.4 Å². The number of phenols is 1. The van der Waals surface area contributed by atoms with E-state index in [0.717, 1.165) is 59.3 Å². The predicted molar refractivity (Wildman–Crippen MR) is 101 cm³/mol. The molecule has 2 aromatic rings. The fourth-order valence-electron chi connectivity index (χ4n) is 4.29. The van der Waals surface area contributed by atoms with E-state index in [1.807, 2.05) is 49.9 Å². The van der Waals surface area contributed by atoms with Crippen molar-refractivity contribution in [2.75, 3.05) is 4.90 Å². The number of hydrogen-bond acceptors (Lipinski definition) is 2. The van der Waals surface area contributed by atoms with Crippen LogP contribution in [-0.4, -0.2) is 11.0 Å². The van der Waals surface area contributed by atoms with Gasteiger partial charge in [0.25, 0.3) is 0 Å². The van der Waals surface area contributed by atoms with Gasteiger partial charge in [0.2, 0.25) is 5.91 Å². The van der Waals surface area contributed by atoms with Crippen molar-refractivity contribution in [2.45, 2.75) is 46.5 Å². The zero-order chi connectivity index (χ0) is 17.9. The predicted octanol–water partition coefficient (Wildman–Crippen LogP) is 5.36. The largest absolute Gasteiger partial charge is 0.507 e. The van der Waals surface area contributed by atoms with E-state index >= 15 is 0 Å². The fourth-order valence-corrected chi connectivity index (χ4v) is 4.41. The van der Waals surface area contributed by atoms with Gasteiger partial charge in [-0.3, -0.25) is 9.69 Å². The molecule has 4 heteroatoms. The number of fused-ring (bicyclic) bond motifs is 1. The first-order valence-corrected chi connectivity index (χ1v) is 9.15. The average molecular weight is 356 g/mol. The smallest absolute Gasteiger partial charge is 0.238 e. The van der Waals surface area contributed by atoms with Crippen molar-refractivity contribution < 1.29 is 9.90 Å². The normalized spacial score (nSPS) is 18.2. The monoisotopic (exact) mass is 355 g/mol. The Labute approximate surface area is 153 Å². The van der Waals surface area contributed by atoms with E-state index in [0.29, 0.717) is 10.8 Å². The van der Waals surface area contributed by atoms with E-state index in [9.17, 15) is 9.90 Å². The summed E-state index contributed by atoms with van der Waals surface area (Å²) < 4.78 is 0. The first-order chi connectivity index (χ1) is 11.9. The molecular weight excluding hydrogens is 334 g/mol. The standard InChI is InChI=1S/C21H22ClNO2/c1-12-13(2)19(24)14(3)17-11-21(9-4-10-21)20(25)23(18(12)17)16-7-5-15(22)6-8-16/h5-8,24H,4,9-11H2,1-3H3. The van der Waals surface area contributed by atoms with E-state index < -0.39 is 0 Å². The molecule has 2 aliphatic rings. The summed E-state index contributed by atoms with van der Waals surface area (Å²) in [6.45, 7) is 5.86. The molecule has 130 valence electrons. The van der Waals surface area contributed by atoms with Gasteiger partial charge in [0.15, 0.2) is 0 Å². The Bertz CT molecular complexity index is 882. The molecule has 0 atom stereocenters. The molecule has 4 rings (SSSR count). The maximum Gasteiger partial charge on any atom is 0.238 e. The quantitative estimate of drug-likeness (QED) is 0.747. The van der Waals surface area contributed by atoms with Crippen LogP contribution in [0.5, 0.6) is 5.75 Å². The Balaban J connectivity index is 2.00. The second kappa shape index (κ2) is 5.50. The summed E-state index contributed by atoms with van der Waals surface area (Å²) in [6, 6.07) is 7.44. The van der Waals surface area contributed by atoms with Gasteiger partial charge in [-0.2, -0.15) is 0 Å². The SMILES string of the molecule is Cc1c(C)c2c(c(C)c1O)CC1(CCC1)C(=O)N2c1ccc(Cl)cc1. The Hall–Kier alpha value is -2.00. The molecule has 1 aliphatic heterocycles. The molecule has 0 unspecified atom stereocenters. The molecule has 0 saturated heterocycles. The number of nitrogens with zero attached hydrogens (tertiary/aromatic N) is 1. The number of amides is 1. The third kappa shape index (κ3) is 2.22. The first kappa shape index (κ1) is 16.5. The van der Waals surface area contributed by atoms with Crippen molar-refractivity contribution in [1.82, 2.24) is 0 Å². The van der Waals surface area contributed by atoms with Gasteiger partial charge in [0.05, 0.1) is 11.1 Å². The lowest BCUT2D eigenvalue weighted by atomic mass is 9.62. The number of hydrogen-bond donors (Lipinski definition) is 1. The molecule has 1 heterocycles. The number of carbonyl (C=O) groups is 1. The van der Waals surface area contributed by atoms with Crippen LogP contribution in [0.15, 0.2) is 24.3 Å². The van der Waals surface area contributed by atoms with Crippen LogP contribution < -0.4 is 4.90 Å². The number of rotatable bonds is 1. The van der Waals surface area contributed by atoms with Crippen molar-refractivity contribution in [3.63, 3.8) is 0 Å². The summed E-state index contributed by atoms with van der Waals surface area (Å²) in [5, 5.41) is 11.2. The van der Waals surface area contributed by atoms with Crippen molar-refractivity contribution in [1.29, 1.82) is 0 Å². The van der Waals surface area contributed by atoms with Crippen molar-refractivity contribution in [2.24, 2.45) is 5.41 Å². The summed E-state index contributed by atoms with van der Waals surface area (Å²) in [5.41, 5.74) is 5.28. The van der Waals surface area contributed by atoms with Gasteiger partial charge in [0, 0.05) is 10.7 Å². The van der Waals surface area contributed by atoms with Crippen LogP contribution in [0.1, 0.15) is 41.5 Å². The van der Waals surface area contributed by atoms with Crippen LogP contribution >= 0.6 is 11.6 Å². The van der Waals surface area contributed by atoms with Crippen molar-refractivity contribution >= 4 is 28.9 Å². The summed E-state index contributed by atoms with van der Waals surface area (Å²) in [6.07, 6.45) is 3.65. The molecule has 0 radical (unpaired) electrons. The highest BCUT2D eigenvalue weighted by Crippen LogP contribution is 2.55. The van der Waals surface area contributed by atoms with Gasteiger partial charge < -0.3 is 5.11 Å². The highest BCUT2D eigenvalue weighted by molar-refractivity contribution is 6.30. The van der Waals surface area contributed by atoms with Crippen LogP contribution in [0, 0.1) is 26.2 Å². The lowest BCUT2D eigenvalue weighted by Gasteiger charge is -2.49.